The Balaban J connectivity index is 1.49. The molecule has 1 aliphatic rings. The average molecular weight is 392 g/mol. The number of hydrogen-bond acceptors (Lipinski definition) is 6. The van der Waals surface area contributed by atoms with E-state index < -0.39 is 0 Å². The Morgan fingerprint density at radius 2 is 2.20 bits per heavy atom. The molecule has 4 nitrogen and oxygen atoms in total. The van der Waals surface area contributed by atoms with Crippen LogP contribution in [0.15, 0.2) is 47.1 Å². The van der Waals surface area contributed by atoms with Crippen LogP contribution in [0.1, 0.15) is 10.9 Å². The fourth-order valence-corrected chi connectivity index (χ4v) is 5.72. The van der Waals surface area contributed by atoms with Crippen LogP contribution < -0.4 is 0 Å². The van der Waals surface area contributed by atoms with Gasteiger partial charge in [-0.2, -0.15) is 0 Å². The van der Waals surface area contributed by atoms with Gasteiger partial charge in [0.2, 0.25) is 5.91 Å². The van der Waals surface area contributed by atoms with Gasteiger partial charge in [0.05, 0.1) is 5.75 Å². The summed E-state index contributed by atoms with van der Waals surface area (Å²) in [5.74, 6) is 0.846. The van der Waals surface area contributed by atoms with Crippen molar-refractivity contribution in [2.24, 2.45) is 0 Å². The van der Waals surface area contributed by atoms with Crippen molar-refractivity contribution in [3.63, 3.8) is 0 Å². The number of carbonyl (C=O) groups excluding carboxylic acids is 1. The fourth-order valence-electron chi connectivity index (χ4n) is 2.75. The van der Waals surface area contributed by atoms with Crippen molar-refractivity contribution in [1.29, 1.82) is 0 Å². The first-order chi connectivity index (χ1) is 12.2. The zero-order valence-corrected chi connectivity index (χ0v) is 15.5. The maximum absolute atomic E-state index is 14.1. The van der Waals surface area contributed by atoms with Crippen LogP contribution in [-0.4, -0.2) is 38.8 Å². The van der Waals surface area contributed by atoms with Gasteiger partial charge in [-0.1, -0.05) is 30.0 Å². The minimum atomic E-state index is -0.261. The van der Waals surface area contributed by atoms with Crippen molar-refractivity contribution in [2.45, 2.75) is 10.4 Å². The Morgan fingerprint density at radius 3 is 3.08 bits per heavy atom. The molecule has 0 aliphatic carbocycles. The number of fused-ring (bicyclic) bond motifs is 1. The highest BCUT2D eigenvalue weighted by Crippen LogP contribution is 2.39. The van der Waals surface area contributed by atoms with E-state index in [0.717, 1.165) is 21.0 Å². The maximum Gasteiger partial charge on any atom is 0.234 e. The van der Waals surface area contributed by atoms with Crippen molar-refractivity contribution in [3.8, 4) is 0 Å². The van der Waals surface area contributed by atoms with E-state index in [1.807, 2.05) is 17.5 Å². The standard InChI is InChI=1S/C17H14FN3OS3/c18-13-4-2-1-3-11(13)17-21(6-8-24-17)14(22)9-25-16-12-5-7-23-15(12)19-10-20-16/h1-5,7,10,17H,6,8-9H2/t17-/m0/s1. The number of hydrogen-bond donors (Lipinski definition) is 0. The number of halogens is 1. The van der Waals surface area contributed by atoms with E-state index in [-0.39, 0.29) is 22.9 Å². The summed E-state index contributed by atoms with van der Waals surface area (Å²) in [6.45, 7) is 0.640. The minimum Gasteiger partial charge on any atom is -0.325 e. The topological polar surface area (TPSA) is 46.1 Å². The Morgan fingerprint density at radius 1 is 1.32 bits per heavy atom. The third-order valence-corrected chi connectivity index (χ3v) is 6.99. The van der Waals surface area contributed by atoms with Gasteiger partial charge in [-0.3, -0.25) is 4.79 Å². The summed E-state index contributed by atoms with van der Waals surface area (Å²) in [6, 6.07) is 8.65. The molecule has 1 aromatic carbocycles. The summed E-state index contributed by atoms with van der Waals surface area (Å²) in [5.41, 5.74) is 0.575. The molecule has 0 spiro atoms. The fraction of sp³-hybridized carbons (Fsp3) is 0.235. The second-order valence-electron chi connectivity index (χ2n) is 5.44. The molecule has 25 heavy (non-hydrogen) atoms. The summed E-state index contributed by atoms with van der Waals surface area (Å²) < 4.78 is 14.1. The van der Waals surface area contributed by atoms with E-state index in [1.54, 1.807) is 40.1 Å². The highest BCUT2D eigenvalue weighted by atomic mass is 32.2. The van der Waals surface area contributed by atoms with Crippen LogP contribution >= 0.6 is 34.9 Å². The molecule has 3 heterocycles. The molecule has 1 aliphatic heterocycles. The first kappa shape index (κ1) is 16.8. The van der Waals surface area contributed by atoms with E-state index in [1.165, 1.54) is 24.2 Å². The smallest absolute Gasteiger partial charge is 0.234 e. The van der Waals surface area contributed by atoms with Gasteiger partial charge in [0, 0.05) is 23.2 Å². The summed E-state index contributed by atoms with van der Waals surface area (Å²) in [4.78, 5) is 23.9. The van der Waals surface area contributed by atoms with Gasteiger partial charge >= 0.3 is 0 Å². The molecule has 1 amide bonds. The molecular weight excluding hydrogens is 377 g/mol. The molecule has 8 heteroatoms. The monoisotopic (exact) mass is 391 g/mol. The lowest BCUT2D eigenvalue weighted by atomic mass is 10.2. The SMILES string of the molecule is O=C(CSc1ncnc2sccc12)N1CCS[C@H]1c1ccccc1F. The Bertz CT molecular complexity index is 917. The third kappa shape index (κ3) is 3.38. The molecule has 1 fully saturated rings. The summed E-state index contributed by atoms with van der Waals surface area (Å²) in [7, 11) is 0. The predicted octanol–water partition coefficient (Wildman–Crippen LogP) is 4.20. The van der Waals surface area contributed by atoms with Crippen LogP contribution in [0.25, 0.3) is 10.2 Å². The van der Waals surface area contributed by atoms with Crippen LogP contribution in [0.5, 0.6) is 0 Å². The molecule has 3 aromatic rings. The Labute approximate surface area is 156 Å². The number of carbonyl (C=O) groups is 1. The normalized spacial score (nSPS) is 17.3. The largest absolute Gasteiger partial charge is 0.325 e. The van der Waals surface area contributed by atoms with Gasteiger partial charge in [-0.15, -0.1) is 23.1 Å². The molecule has 0 bridgehead atoms. The minimum absolute atomic E-state index is 0.00486. The first-order valence-corrected chi connectivity index (χ1v) is 10.6. The van der Waals surface area contributed by atoms with E-state index in [4.69, 9.17) is 0 Å². The number of thioether (sulfide) groups is 2. The molecule has 0 N–H and O–H groups in total. The quantitative estimate of drug-likeness (QED) is 0.493. The molecule has 0 saturated carbocycles. The molecule has 2 aromatic heterocycles. The lowest BCUT2D eigenvalue weighted by Gasteiger charge is -2.24. The van der Waals surface area contributed by atoms with E-state index in [9.17, 15) is 9.18 Å². The molecule has 0 unspecified atom stereocenters. The Hall–Kier alpha value is -1.64. The molecule has 1 atom stereocenters. The zero-order valence-electron chi connectivity index (χ0n) is 13.1. The van der Waals surface area contributed by atoms with E-state index >= 15 is 0 Å². The summed E-state index contributed by atoms with van der Waals surface area (Å²) in [5, 5.41) is 3.51. The Kier molecular flexibility index (Phi) is 4.91. The lowest BCUT2D eigenvalue weighted by Crippen LogP contribution is -2.32. The molecule has 128 valence electrons. The van der Waals surface area contributed by atoms with Crippen molar-refractivity contribution in [1.82, 2.24) is 14.9 Å². The zero-order chi connectivity index (χ0) is 17.2. The van der Waals surface area contributed by atoms with Crippen molar-refractivity contribution in [3.05, 3.63) is 53.4 Å². The van der Waals surface area contributed by atoms with Gasteiger partial charge < -0.3 is 4.90 Å². The van der Waals surface area contributed by atoms with Gasteiger partial charge in [-0.05, 0) is 17.5 Å². The van der Waals surface area contributed by atoms with Crippen LogP contribution in [-0.2, 0) is 4.79 Å². The van der Waals surface area contributed by atoms with Crippen LogP contribution in [0.3, 0.4) is 0 Å². The van der Waals surface area contributed by atoms with Crippen LogP contribution in [0.4, 0.5) is 4.39 Å². The van der Waals surface area contributed by atoms with Crippen molar-refractivity contribution < 1.29 is 9.18 Å². The summed E-state index contributed by atoms with van der Waals surface area (Å²) in [6.07, 6.45) is 1.53. The number of benzene rings is 1. The van der Waals surface area contributed by atoms with Gasteiger partial charge in [0.25, 0.3) is 0 Å². The highest BCUT2D eigenvalue weighted by Gasteiger charge is 2.32. The molecule has 0 radical (unpaired) electrons. The van der Waals surface area contributed by atoms with Gasteiger partial charge in [-0.25, -0.2) is 14.4 Å². The maximum atomic E-state index is 14.1. The predicted molar refractivity (Wildman–Crippen MR) is 101 cm³/mol. The van der Waals surface area contributed by atoms with Gasteiger partial charge in [0.1, 0.15) is 27.4 Å². The second kappa shape index (κ2) is 7.31. The molecule has 4 rings (SSSR count). The molecule has 1 saturated heterocycles. The number of aromatic nitrogens is 2. The highest BCUT2D eigenvalue weighted by molar-refractivity contribution is 8.00. The number of rotatable bonds is 4. The summed E-state index contributed by atoms with van der Waals surface area (Å²) >= 11 is 4.57. The third-order valence-electron chi connectivity index (χ3n) is 3.94. The molecular formula is C17H14FN3OS3. The van der Waals surface area contributed by atoms with Crippen LogP contribution in [0.2, 0.25) is 0 Å². The van der Waals surface area contributed by atoms with Crippen molar-refractivity contribution >= 4 is 51.0 Å². The number of amides is 1. The second-order valence-corrected chi connectivity index (χ2v) is 8.49. The number of thiophene rings is 1. The van der Waals surface area contributed by atoms with E-state index in [0.29, 0.717) is 12.1 Å². The first-order valence-electron chi connectivity index (χ1n) is 7.70. The van der Waals surface area contributed by atoms with E-state index in [2.05, 4.69) is 9.97 Å². The number of nitrogens with zero attached hydrogens (tertiary/aromatic N) is 3. The van der Waals surface area contributed by atoms with Gasteiger partial charge in [0.15, 0.2) is 0 Å². The van der Waals surface area contributed by atoms with Crippen LogP contribution in [0, 0.1) is 5.82 Å². The lowest BCUT2D eigenvalue weighted by molar-refractivity contribution is -0.128. The van der Waals surface area contributed by atoms with Crippen molar-refractivity contribution in [2.75, 3.05) is 18.1 Å². The average Bonchev–Trinajstić information content (AvgIpc) is 3.29.